The fraction of sp³-hybridized carbons (Fsp3) is 0.381. The van der Waals surface area contributed by atoms with Crippen LogP contribution in [0.15, 0.2) is 59.1 Å². The number of nitrogens with zero attached hydrogens (tertiary/aromatic N) is 1. The smallest absolute Gasteiger partial charge is 0.231 e. The number of amides is 1. The molecule has 4 heteroatoms. The topological polar surface area (TPSA) is 24.8 Å². The molecule has 1 saturated heterocycles. The highest BCUT2D eigenvalue weighted by Gasteiger charge is 2.30. The van der Waals surface area contributed by atoms with E-state index in [-0.39, 0.29) is 11.8 Å². The Balaban J connectivity index is 1.58. The minimum absolute atomic E-state index is 0.139. The maximum atomic E-state index is 12.9. The van der Waals surface area contributed by atoms with Crippen LogP contribution in [0.5, 0.6) is 0 Å². The highest BCUT2D eigenvalue weighted by Crippen LogP contribution is 2.16. The summed E-state index contributed by atoms with van der Waals surface area (Å²) in [5.41, 5.74) is 2.51. The van der Waals surface area contributed by atoms with Crippen molar-refractivity contribution in [2.45, 2.75) is 25.9 Å². The van der Waals surface area contributed by atoms with E-state index in [0.29, 0.717) is 6.54 Å². The van der Waals surface area contributed by atoms with Crippen molar-refractivity contribution in [2.24, 2.45) is 5.92 Å². The van der Waals surface area contributed by atoms with Gasteiger partial charge in [0.1, 0.15) is 6.54 Å². The minimum Gasteiger partial charge on any atom is -0.341 e. The lowest BCUT2D eigenvalue weighted by Crippen LogP contribution is -3.12. The van der Waals surface area contributed by atoms with E-state index in [1.54, 1.807) is 0 Å². The second-order valence-electron chi connectivity index (χ2n) is 6.99. The Kier molecular flexibility index (Phi) is 6.27. The van der Waals surface area contributed by atoms with E-state index in [1.807, 2.05) is 36.2 Å². The van der Waals surface area contributed by atoms with Crippen LogP contribution in [-0.2, 0) is 17.9 Å². The van der Waals surface area contributed by atoms with Crippen LogP contribution in [0.25, 0.3) is 0 Å². The van der Waals surface area contributed by atoms with Crippen molar-refractivity contribution in [3.05, 3.63) is 70.2 Å². The van der Waals surface area contributed by atoms with Crippen LogP contribution >= 0.6 is 15.9 Å². The van der Waals surface area contributed by atoms with Gasteiger partial charge < -0.3 is 9.80 Å². The number of likely N-dealkylation sites (tertiary alicyclic amines) is 1. The van der Waals surface area contributed by atoms with Gasteiger partial charge in [0.05, 0.1) is 19.0 Å². The standard InChI is InChI=1S/C21H25BrN2O/c1-23(14-17-8-3-2-4-9-17)21(25)19-11-7-13-24(16-19)15-18-10-5-6-12-20(18)22/h2-6,8-10,12,19H,7,11,13-16H2,1H3/p+1/t19-/m1/s1. The van der Waals surface area contributed by atoms with Gasteiger partial charge in [-0.3, -0.25) is 4.79 Å². The van der Waals surface area contributed by atoms with Gasteiger partial charge >= 0.3 is 0 Å². The zero-order valence-corrected chi connectivity index (χ0v) is 16.3. The molecule has 0 bridgehead atoms. The van der Waals surface area contributed by atoms with Gasteiger partial charge in [-0.1, -0.05) is 64.5 Å². The van der Waals surface area contributed by atoms with Gasteiger partial charge in [0.2, 0.25) is 5.91 Å². The Bertz CT molecular complexity index is 704. The summed E-state index contributed by atoms with van der Waals surface area (Å²) in [4.78, 5) is 16.3. The highest BCUT2D eigenvalue weighted by atomic mass is 79.9. The lowest BCUT2D eigenvalue weighted by molar-refractivity contribution is -0.921. The van der Waals surface area contributed by atoms with Crippen LogP contribution < -0.4 is 4.90 Å². The first-order chi connectivity index (χ1) is 12.1. The third-order valence-electron chi connectivity index (χ3n) is 5.00. The molecule has 0 radical (unpaired) electrons. The molecule has 1 N–H and O–H groups in total. The van der Waals surface area contributed by atoms with Gasteiger partial charge in [0, 0.05) is 23.6 Å². The fourth-order valence-corrected chi connectivity index (χ4v) is 4.11. The van der Waals surface area contributed by atoms with Crippen molar-refractivity contribution in [3.8, 4) is 0 Å². The Labute approximate surface area is 158 Å². The summed E-state index contributed by atoms with van der Waals surface area (Å²) in [5, 5.41) is 0. The van der Waals surface area contributed by atoms with E-state index in [0.717, 1.165) is 36.9 Å². The van der Waals surface area contributed by atoms with Gasteiger partial charge in [-0.05, 0) is 24.5 Å². The third-order valence-corrected chi connectivity index (χ3v) is 5.78. The Hall–Kier alpha value is -1.65. The van der Waals surface area contributed by atoms with Gasteiger partial charge in [0.15, 0.2) is 0 Å². The fourth-order valence-electron chi connectivity index (χ4n) is 3.68. The second-order valence-corrected chi connectivity index (χ2v) is 7.85. The molecule has 2 aromatic carbocycles. The maximum Gasteiger partial charge on any atom is 0.231 e. The summed E-state index contributed by atoms with van der Waals surface area (Å²) in [5.74, 6) is 0.424. The maximum absolute atomic E-state index is 12.9. The van der Waals surface area contributed by atoms with Crippen molar-refractivity contribution in [3.63, 3.8) is 0 Å². The molecule has 0 saturated carbocycles. The van der Waals surface area contributed by atoms with E-state index in [4.69, 9.17) is 0 Å². The number of hydrogen-bond donors (Lipinski definition) is 1. The molecule has 1 fully saturated rings. The predicted octanol–water partition coefficient (Wildman–Crippen LogP) is 2.90. The summed E-state index contributed by atoms with van der Waals surface area (Å²) in [6.07, 6.45) is 2.13. The molecule has 0 spiro atoms. The number of piperidine rings is 1. The molecule has 1 heterocycles. The summed E-state index contributed by atoms with van der Waals surface area (Å²) in [6.45, 7) is 3.75. The average molecular weight is 402 g/mol. The van der Waals surface area contributed by atoms with E-state index in [2.05, 4.69) is 46.3 Å². The van der Waals surface area contributed by atoms with E-state index in [9.17, 15) is 4.79 Å². The second kappa shape index (κ2) is 8.63. The molecule has 0 aromatic heterocycles. The zero-order chi connectivity index (χ0) is 17.6. The van der Waals surface area contributed by atoms with E-state index in [1.165, 1.54) is 16.0 Å². The molecular formula is C21H26BrN2O+. The molecular weight excluding hydrogens is 376 g/mol. The van der Waals surface area contributed by atoms with Crippen LogP contribution in [0.3, 0.4) is 0 Å². The van der Waals surface area contributed by atoms with Gasteiger partial charge in [-0.25, -0.2) is 0 Å². The molecule has 1 unspecified atom stereocenters. The number of quaternary nitrogens is 1. The molecule has 1 aliphatic heterocycles. The van der Waals surface area contributed by atoms with Crippen LogP contribution in [0.1, 0.15) is 24.0 Å². The summed E-state index contributed by atoms with van der Waals surface area (Å²) in [7, 11) is 1.93. The van der Waals surface area contributed by atoms with Gasteiger partial charge in [-0.2, -0.15) is 0 Å². The lowest BCUT2D eigenvalue weighted by Gasteiger charge is -2.31. The van der Waals surface area contributed by atoms with E-state index < -0.39 is 0 Å². The molecule has 25 heavy (non-hydrogen) atoms. The number of nitrogens with one attached hydrogen (secondary N) is 1. The molecule has 3 nitrogen and oxygen atoms in total. The molecule has 2 aromatic rings. The lowest BCUT2D eigenvalue weighted by atomic mass is 9.96. The van der Waals surface area contributed by atoms with Gasteiger partial charge in [0.25, 0.3) is 0 Å². The number of carbonyl (C=O) groups is 1. The molecule has 3 rings (SSSR count). The number of hydrogen-bond acceptors (Lipinski definition) is 1. The molecule has 132 valence electrons. The number of halogens is 1. The SMILES string of the molecule is CN(Cc1ccccc1)C(=O)[C@@H]1CCC[NH+](Cc2ccccc2Br)C1. The quantitative estimate of drug-likeness (QED) is 0.818. The summed E-state index contributed by atoms with van der Waals surface area (Å²) in [6, 6.07) is 18.6. The first kappa shape index (κ1) is 18.2. The Morgan fingerprint density at radius 1 is 1.16 bits per heavy atom. The highest BCUT2D eigenvalue weighted by molar-refractivity contribution is 9.10. The molecule has 0 aliphatic carbocycles. The van der Waals surface area contributed by atoms with E-state index >= 15 is 0 Å². The summed E-state index contributed by atoms with van der Waals surface area (Å²) < 4.78 is 1.16. The molecule has 2 atom stereocenters. The van der Waals surface area contributed by atoms with Crippen molar-refractivity contribution in [1.82, 2.24) is 4.90 Å². The third kappa shape index (κ3) is 4.93. The minimum atomic E-state index is 0.139. The van der Waals surface area contributed by atoms with Crippen LogP contribution in [0, 0.1) is 5.92 Å². The first-order valence-corrected chi connectivity index (χ1v) is 9.78. The number of benzene rings is 2. The Morgan fingerprint density at radius 2 is 1.88 bits per heavy atom. The normalized spacial score (nSPS) is 20.2. The van der Waals surface area contributed by atoms with Crippen LogP contribution in [-0.4, -0.2) is 30.9 Å². The summed E-state index contributed by atoms with van der Waals surface area (Å²) >= 11 is 3.64. The van der Waals surface area contributed by atoms with Crippen LogP contribution in [0.2, 0.25) is 0 Å². The number of rotatable bonds is 5. The van der Waals surface area contributed by atoms with Crippen molar-refractivity contribution in [1.29, 1.82) is 0 Å². The Morgan fingerprint density at radius 3 is 2.64 bits per heavy atom. The van der Waals surface area contributed by atoms with Crippen LogP contribution in [0.4, 0.5) is 0 Å². The van der Waals surface area contributed by atoms with Gasteiger partial charge in [-0.15, -0.1) is 0 Å². The monoisotopic (exact) mass is 401 g/mol. The average Bonchev–Trinajstić information content (AvgIpc) is 2.64. The molecule has 1 aliphatic rings. The number of carbonyl (C=O) groups excluding carboxylic acids is 1. The van der Waals surface area contributed by atoms with Crippen molar-refractivity contribution >= 4 is 21.8 Å². The first-order valence-electron chi connectivity index (χ1n) is 8.99. The van der Waals surface area contributed by atoms with Crippen molar-refractivity contribution < 1.29 is 9.69 Å². The molecule has 1 amide bonds. The van der Waals surface area contributed by atoms with Crippen molar-refractivity contribution in [2.75, 3.05) is 20.1 Å². The zero-order valence-electron chi connectivity index (χ0n) is 14.7. The predicted molar refractivity (Wildman–Crippen MR) is 104 cm³/mol. The largest absolute Gasteiger partial charge is 0.341 e.